The molecule has 1 aliphatic carbocycles. The van der Waals surface area contributed by atoms with Gasteiger partial charge in [0.25, 0.3) is 0 Å². The zero-order valence-electron chi connectivity index (χ0n) is 6.99. The fraction of sp³-hybridized carbons (Fsp3) is 0.667. The molecule has 0 aliphatic heterocycles. The van der Waals surface area contributed by atoms with Crippen LogP contribution in [-0.4, -0.2) is 23.8 Å². The molecule has 0 aromatic rings. The van der Waals surface area contributed by atoms with Crippen molar-refractivity contribution in [2.24, 2.45) is 11.8 Å². The van der Waals surface area contributed by atoms with E-state index >= 15 is 0 Å². The van der Waals surface area contributed by atoms with Crippen molar-refractivity contribution in [3.63, 3.8) is 0 Å². The third kappa shape index (κ3) is 1.77. The molecule has 3 atom stereocenters. The van der Waals surface area contributed by atoms with Crippen LogP contribution in [0.15, 0.2) is 0 Å². The van der Waals surface area contributed by atoms with Gasteiger partial charge in [-0.05, 0) is 13.3 Å². The summed E-state index contributed by atoms with van der Waals surface area (Å²) in [6.07, 6.45) is 4.86. The summed E-state index contributed by atoms with van der Waals surface area (Å²) >= 11 is 0. The van der Waals surface area contributed by atoms with Crippen molar-refractivity contribution in [1.29, 1.82) is 0 Å². The second-order valence-corrected chi connectivity index (χ2v) is 2.87. The van der Waals surface area contributed by atoms with Crippen molar-refractivity contribution in [3.8, 4) is 12.3 Å². The molecule has 66 valence electrons. The van der Waals surface area contributed by atoms with E-state index in [0.717, 1.165) is 0 Å². The van der Waals surface area contributed by atoms with Gasteiger partial charge in [-0.2, -0.15) is 0 Å². The molecule has 1 aliphatic rings. The fourth-order valence-electron chi connectivity index (χ4n) is 1.21. The van der Waals surface area contributed by atoms with E-state index in [4.69, 9.17) is 16.3 Å². The number of ether oxygens (including phenoxy) is 1. The minimum atomic E-state index is -0.792. The van der Waals surface area contributed by atoms with Crippen LogP contribution in [0.1, 0.15) is 13.3 Å². The number of aliphatic hydroxyl groups is 1. The average molecular weight is 168 g/mol. The summed E-state index contributed by atoms with van der Waals surface area (Å²) in [4.78, 5) is 11.0. The van der Waals surface area contributed by atoms with Crippen molar-refractivity contribution >= 4 is 5.97 Å². The lowest BCUT2D eigenvalue weighted by atomic mass is 10.2. The first-order chi connectivity index (χ1) is 5.70. The van der Waals surface area contributed by atoms with Gasteiger partial charge in [0.05, 0.1) is 12.5 Å². The lowest BCUT2D eigenvalue weighted by Crippen LogP contribution is -2.13. The molecule has 3 unspecified atom stereocenters. The lowest BCUT2D eigenvalue weighted by Gasteiger charge is -2.01. The van der Waals surface area contributed by atoms with Crippen molar-refractivity contribution < 1.29 is 14.6 Å². The first-order valence-electron chi connectivity index (χ1n) is 4.01. The highest BCUT2D eigenvalue weighted by molar-refractivity contribution is 5.76. The van der Waals surface area contributed by atoms with Crippen LogP contribution in [0.2, 0.25) is 0 Å². The molecule has 1 rings (SSSR count). The maximum absolute atomic E-state index is 11.0. The van der Waals surface area contributed by atoms with Crippen molar-refractivity contribution in [2.45, 2.75) is 19.4 Å². The first kappa shape index (κ1) is 9.08. The van der Waals surface area contributed by atoms with E-state index in [2.05, 4.69) is 5.92 Å². The van der Waals surface area contributed by atoms with Gasteiger partial charge >= 0.3 is 5.97 Å². The molecule has 1 saturated carbocycles. The normalized spacial score (nSPS) is 28.8. The van der Waals surface area contributed by atoms with E-state index in [1.165, 1.54) is 0 Å². The van der Waals surface area contributed by atoms with E-state index in [0.29, 0.717) is 13.0 Å². The van der Waals surface area contributed by atoms with Gasteiger partial charge in [-0.3, -0.25) is 4.79 Å². The molecular formula is C9H12O3. The quantitative estimate of drug-likeness (QED) is 0.483. The Morgan fingerprint density at radius 2 is 2.58 bits per heavy atom. The summed E-state index contributed by atoms with van der Waals surface area (Å²) in [5.74, 6) is 1.72. The Kier molecular flexibility index (Phi) is 2.72. The Morgan fingerprint density at radius 1 is 1.92 bits per heavy atom. The molecule has 0 aromatic carbocycles. The number of carbonyl (C=O) groups excluding carboxylic acids is 1. The Bertz CT molecular complexity index is 216. The number of hydrogen-bond acceptors (Lipinski definition) is 3. The van der Waals surface area contributed by atoms with Crippen molar-refractivity contribution in [2.75, 3.05) is 6.61 Å². The average Bonchev–Trinajstić information content (AvgIpc) is 2.82. The molecule has 1 N–H and O–H groups in total. The molecule has 0 radical (unpaired) electrons. The van der Waals surface area contributed by atoms with Crippen molar-refractivity contribution in [3.05, 3.63) is 0 Å². The lowest BCUT2D eigenvalue weighted by molar-refractivity contribution is -0.145. The smallest absolute Gasteiger partial charge is 0.309 e. The first-order valence-corrected chi connectivity index (χ1v) is 4.01. The van der Waals surface area contributed by atoms with Gasteiger partial charge in [0, 0.05) is 5.92 Å². The largest absolute Gasteiger partial charge is 0.466 e. The van der Waals surface area contributed by atoms with Crippen LogP contribution >= 0.6 is 0 Å². The number of esters is 1. The fourth-order valence-corrected chi connectivity index (χ4v) is 1.21. The molecule has 0 bridgehead atoms. The highest BCUT2D eigenvalue weighted by atomic mass is 16.5. The maximum Gasteiger partial charge on any atom is 0.309 e. The Hall–Kier alpha value is -1.01. The molecule has 3 nitrogen and oxygen atoms in total. The summed E-state index contributed by atoms with van der Waals surface area (Å²) in [6.45, 7) is 2.14. The van der Waals surface area contributed by atoms with Crippen LogP contribution < -0.4 is 0 Å². The second-order valence-electron chi connectivity index (χ2n) is 2.87. The van der Waals surface area contributed by atoms with E-state index < -0.39 is 6.10 Å². The monoisotopic (exact) mass is 168 g/mol. The van der Waals surface area contributed by atoms with Gasteiger partial charge in [0.15, 0.2) is 0 Å². The molecule has 1 fully saturated rings. The summed E-state index contributed by atoms with van der Waals surface area (Å²) in [5, 5.41) is 9.14. The number of rotatable bonds is 3. The predicted octanol–water partition coefficient (Wildman–Crippen LogP) is 0.180. The predicted molar refractivity (Wildman–Crippen MR) is 43.1 cm³/mol. The van der Waals surface area contributed by atoms with E-state index in [9.17, 15) is 4.79 Å². The molecule has 0 aromatic heterocycles. The van der Waals surface area contributed by atoms with Gasteiger partial charge in [-0.25, -0.2) is 0 Å². The van der Waals surface area contributed by atoms with E-state index in [-0.39, 0.29) is 17.8 Å². The van der Waals surface area contributed by atoms with Crippen LogP contribution in [0.5, 0.6) is 0 Å². The minimum absolute atomic E-state index is 0.0750. The molecule has 0 heterocycles. The summed E-state index contributed by atoms with van der Waals surface area (Å²) in [7, 11) is 0. The highest BCUT2D eigenvalue weighted by Gasteiger charge is 2.47. The zero-order chi connectivity index (χ0) is 9.14. The molecule has 0 amide bonds. The summed E-state index contributed by atoms with van der Waals surface area (Å²) < 4.78 is 4.77. The van der Waals surface area contributed by atoms with Crippen LogP contribution in [0.3, 0.4) is 0 Å². The summed E-state index contributed by atoms with van der Waals surface area (Å²) in [5.41, 5.74) is 0. The zero-order valence-corrected chi connectivity index (χ0v) is 6.99. The Morgan fingerprint density at radius 3 is 3.08 bits per heavy atom. The van der Waals surface area contributed by atoms with Gasteiger partial charge < -0.3 is 9.84 Å². The third-order valence-corrected chi connectivity index (χ3v) is 2.01. The van der Waals surface area contributed by atoms with Crippen molar-refractivity contribution in [1.82, 2.24) is 0 Å². The molecule has 0 spiro atoms. The maximum atomic E-state index is 11.0. The van der Waals surface area contributed by atoms with Crippen LogP contribution in [0.4, 0.5) is 0 Å². The van der Waals surface area contributed by atoms with Crippen LogP contribution in [0.25, 0.3) is 0 Å². The molecule has 3 heteroatoms. The SMILES string of the molecule is C#CC(O)C1CC1C(=O)OCC. The van der Waals surface area contributed by atoms with Gasteiger partial charge in [0.1, 0.15) is 6.10 Å². The standard InChI is InChI=1S/C9H12O3/c1-3-8(10)6-5-7(6)9(11)12-4-2/h1,6-8,10H,4-5H2,2H3. The Labute approximate surface area is 71.7 Å². The molecule has 12 heavy (non-hydrogen) atoms. The molecule has 0 saturated heterocycles. The number of aliphatic hydroxyl groups excluding tert-OH is 1. The number of hydrogen-bond donors (Lipinski definition) is 1. The van der Waals surface area contributed by atoms with Gasteiger partial charge in [0.2, 0.25) is 0 Å². The Balaban J connectivity index is 2.33. The van der Waals surface area contributed by atoms with Gasteiger partial charge in [-0.15, -0.1) is 6.42 Å². The topological polar surface area (TPSA) is 46.5 Å². The highest BCUT2D eigenvalue weighted by Crippen LogP contribution is 2.41. The van der Waals surface area contributed by atoms with Gasteiger partial charge in [-0.1, -0.05) is 5.92 Å². The van der Waals surface area contributed by atoms with Crippen LogP contribution in [-0.2, 0) is 9.53 Å². The minimum Gasteiger partial charge on any atom is -0.466 e. The van der Waals surface area contributed by atoms with E-state index in [1.54, 1.807) is 6.92 Å². The number of terminal acetylenes is 1. The second kappa shape index (κ2) is 3.59. The van der Waals surface area contributed by atoms with Crippen LogP contribution in [0, 0.1) is 24.2 Å². The molecular weight excluding hydrogens is 156 g/mol. The third-order valence-electron chi connectivity index (χ3n) is 2.01. The van der Waals surface area contributed by atoms with E-state index in [1.807, 2.05) is 0 Å². The number of carbonyl (C=O) groups is 1. The summed E-state index contributed by atoms with van der Waals surface area (Å²) in [6, 6.07) is 0.